The van der Waals surface area contributed by atoms with Crippen LogP contribution in [0.3, 0.4) is 0 Å². The molecule has 3 rings (SSSR count). The first-order valence-electron chi connectivity index (χ1n) is 7.78. The number of rotatable bonds is 5. The Morgan fingerprint density at radius 3 is 2.48 bits per heavy atom. The molecule has 2 N–H and O–H groups in total. The first-order valence-corrected chi connectivity index (χ1v) is 8.66. The summed E-state index contributed by atoms with van der Waals surface area (Å²) in [7, 11) is 0. The normalized spacial score (nSPS) is 10.3. The molecule has 0 saturated carbocycles. The molecule has 0 fully saturated rings. The van der Waals surface area contributed by atoms with Crippen LogP contribution in [0.4, 0.5) is 5.13 Å². The van der Waals surface area contributed by atoms with Crippen LogP contribution in [-0.2, 0) is 6.54 Å². The lowest BCUT2D eigenvalue weighted by molar-refractivity contribution is 0.0945. The van der Waals surface area contributed by atoms with Crippen molar-refractivity contribution in [2.45, 2.75) is 13.5 Å². The lowest BCUT2D eigenvalue weighted by Gasteiger charge is -2.05. The number of hydrogen-bond donors (Lipinski definition) is 2. The van der Waals surface area contributed by atoms with Gasteiger partial charge < -0.3 is 5.32 Å². The minimum absolute atomic E-state index is 0.233. The number of hydrogen-bond acceptors (Lipinski definition) is 4. The van der Waals surface area contributed by atoms with Crippen molar-refractivity contribution in [3.63, 3.8) is 0 Å². The van der Waals surface area contributed by atoms with Crippen molar-refractivity contribution < 1.29 is 9.59 Å². The van der Waals surface area contributed by atoms with Crippen molar-refractivity contribution >= 4 is 28.3 Å². The zero-order chi connectivity index (χ0) is 17.6. The van der Waals surface area contributed by atoms with Gasteiger partial charge in [0.2, 0.25) is 0 Å². The van der Waals surface area contributed by atoms with Crippen LogP contribution in [0.25, 0.3) is 0 Å². The average molecular weight is 351 g/mol. The molecule has 6 heteroatoms. The minimum atomic E-state index is -0.267. The molecule has 25 heavy (non-hydrogen) atoms. The van der Waals surface area contributed by atoms with Gasteiger partial charge >= 0.3 is 0 Å². The van der Waals surface area contributed by atoms with E-state index in [1.807, 2.05) is 55.5 Å². The van der Waals surface area contributed by atoms with Crippen LogP contribution in [0.1, 0.15) is 32.0 Å². The van der Waals surface area contributed by atoms with Gasteiger partial charge in [0.1, 0.15) is 5.69 Å². The highest BCUT2D eigenvalue weighted by Gasteiger charge is 2.14. The van der Waals surface area contributed by atoms with Crippen molar-refractivity contribution in [3.8, 4) is 0 Å². The van der Waals surface area contributed by atoms with Gasteiger partial charge in [0, 0.05) is 17.5 Å². The smallest absolute Gasteiger partial charge is 0.271 e. The number of nitrogens with zero attached hydrogens (tertiary/aromatic N) is 1. The number of nitrogens with one attached hydrogen (secondary N) is 2. The van der Waals surface area contributed by atoms with Gasteiger partial charge in [-0.3, -0.25) is 14.9 Å². The topological polar surface area (TPSA) is 71.1 Å². The van der Waals surface area contributed by atoms with E-state index in [0.29, 0.717) is 22.9 Å². The number of thiazole rings is 1. The second-order valence-corrected chi connectivity index (χ2v) is 6.33. The summed E-state index contributed by atoms with van der Waals surface area (Å²) >= 11 is 1.22. The van der Waals surface area contributed by atoms with E-state index in [1.165, 1.54) is 11.3 Å². The quantitative estimate of drug-likeness (QED) is 0.737. The van der Waals surface area contributed by atoms with Gasteiger partial charge in [-0.25, -0.2) is 4.98 Å². The Balaban J connectivity index is 1.61. The molecule has 2 aromatic carbocycles. The molecule has 0 unspecified atom stereocenters. The van der Waals surface area contributed by atoms with E-state index in [1.54, 1.807) is 11.4 Å². The molecular formula is C19H17N3O2S. The molecular weight excluding hydrogens is 334 g/mol. The largest absolute Gasteiger partial charge is 0.347 e. The Morgan fingerprint density at radius 2 is 1.72 bits per heavy atom. The molecule has 126 valence electrons. The Kier molecular flexibility index (Phi) is 5.20. The number of benzene rings is 2. The van der Waals surface area contributed by atoms with Crippen LogP contribution in [0, 0.1) is 6.92 Å². The third kappa shape index (κ3) is 4.30. The third-order valence-electron chi connectivity index (χ3n) is 3.64. The predicted molar refractivity (Wildman–Crippen MR) is 98.9 cm³/mol. The second-order valence-electron chi connectivity index (χ2n) is 5.48. The Bertz CT molecular complexity index is 890. The molecule has 3 aromatic rings. The number of anilines is 1. The van der Waals surface area contributed by atoms with Crippen LogP contribution in [0.15, 0.2) is 60.0 Å². The molecule has 0 atom stereocenters. The van der Waals surface area contributed by atoms with Gasteiger partial charge in [0.15, 0.2) is 5.13 Å². The molecule has 1 aromatic heterocycles. The monoisotopic (exact) mass is 351 g/mol. The van der Waals surface area contributed by atoms with Crippen molar-refractivity contribution in [1.29, 1.82) is 0 Å². The molecule has 0 bridgehead atoms. The van der Waals surface area contributed by atoms with Crippen molar-refractivity contribution in [1.82, 2.24) is 10.3 Å². The Hall–Kier alpha value is -2.99. The Morgan fingerprint density at radius 1 is 1.00 bits per heavy atom. The summed E-state index contributed by atoms with van der Waals surface area (Å²) in [4.78, 5) is 28.6. The lowest BCUT2D eigenvalue weighted by Crippen LogP contribution is -2.23. The van der Waals surface area contributed by atoms with E-state index in [-0.39, 0.29) is 11.8 Å². The first-order chi connectivity index (χ1) is 12.1. The van der Waals surface area contributed by atoms with E-state index >= 15 is 0 Å². The molecule has 0 saturated heterocycles. The predicted octanol–water partition coefficient (Wildman–Crippen LogP) is 3.63. The lowest BCUT2D eigenvalue weighted by atomic mass is 10.1. The summed E-state index contributed by atoms with van der Waals surface area (Å²) in [5, 5.41) is 7.59. The van der Waals surface area contributed by atoms with Crippen LogP contribution in [0.2, 0.25) is 0 Å². The number of carbonyl (C=O) groups excluding carboxylic acids is 2. The zero-order valence-electron chi connectivity index (χ0n) is 13.7. The second kappa shape index (κ2) is 7.72. The molecule has 0 spiro atoms. The molecule has 1 heterocycles. The Labute approximate surface area is 149 Å². The summed E-state index contributed by atoms with van der Waals surface area (Å²) in [6.45, 7) is 2.31. The highest BCUT2D eigenvalue weighted by Crippen LogP contribution is 2.17. The van der Waals surface area contributed by atoms with E-state index in [9.17, 15) is 9.59 Å². The van der Waals surface area contributed by atoms with Gasteiger partial charge in [0.05, 0.1) is 0 Å². The minimum Gasteiger partial charge on any atom is -0.347 e. The maximum atomic E-state index is 12.3. The summed E-state index contributed by atoms with van der Waals surface area (Å²) < 4.78 is 0. The van der Waals surface area contributed by atoms with Gasteiger partial charge in [-0.05, 0) is 24.1 Å². The molecule has 0 aliphatic heterocycles. The summed E-state index contributed by atoms with van der Waals surface area (Å²) in [5.74, 6) is -0.500. The SMILES string of the molecule is Cc1ccccc1C(=O)Nc1nc(C(=O)NCc2ccccc2)cs1. The molecule has 2 amide bonds. The zero-order valence-corrected chi connectivity index (χ0v) is 14.5. The van der Waals surface area contributed by atoms with Crippen LogP contribution >= 0.6 is 11.3 Å². The van der Waals surface area contributed by atoms with Crippen molar-refractivity contribution in [3.05, 3.63) is 82.4 Å². The van der Waals surface area contributed by atoms with Crippen molar-refractivity contribution in [2.24, 2.45) is 0 Å². The molecule has 0 aliphatic rings. The van der Waals surface area contributed by atoms with Gasteiger partial charge in [-0.1, -0.05) is 48.5 Å². The number of aryl methyl sites for hydroxylation is 1. The van der Waals surface area contributed by atoms with Crippen molar-refractivity contribution in [2.75, 3.05) is 5.32 Å². The summed E-state index contributed by atoms with van der Waals surface area (Å²) in [6, 6.07) is 17.0. The van der Waals surface area contributed by atoms with E-state index in [0.717, 1.165) is 11.1 Å². The average Bonchev–Trinajstić information content (AvgIpc) is 3.09. The molecule has 0 radical (unpaired) electrons. The van der Waals surface area contributed by atoms with E-state index in [4.69, 9.17) is 0 Å². The number of aromatic nitrogens is 1. The van der Waals surface area contributed by atoms with Crippen LogP contribution in [-0.4, -0.2) is 16.8 Å². The standard InChI is InChI=1S/C19H17N3O2S/c1-13-7-5-6-10-15(13)17(23)22-19-21-16(12-25-19)18(24)20-11-14-8-3-2-4-9-14/h2-10,12H,11H2,1H3,(H,20,24)(H,21,22,23). The maximum Gasteiger partial charge on any atom is 0.271 e. The maximum absolute atomic E-state index is 12.3. The van der Waals surface area contributed by atoms with Gasteiger partial charge in [-0.2, -0.15) is 0 Å². The summed E-state index contributed by atoms with van der Waals surface area (Å²) in [6.07, 6.45) is 0. The summed E-state index contributed by atoms with van der Waals surface area (Å²) in [5.41, 5.74) is 2.78. The number of amides is 2. The van der Waals surface area contributed by atoms with Crippen LogP contribution in [0.5, 0.6) is 0 Å². The fourth-order valence-corrected chi connectivity index (χ4v) is 2.98. The fourth-order valence-electron chi connectivity index (χ4n) is 2.30. The highest BCUT2D eigenvalue weighted by molar-refractivity contribution is 7.14. The van der Waals surface area contributed by atoms with Gasteiger partial charge in [-0.15, -0.1) is 11.3 Å². The molecule has 0 aliphatic carbocycles. The molecule has 5 nitrogen and oxygen atoms in total. The fraction of sp³-hybridized carbons (Fsp3) is 0.105. The van der Waals surface area contributed by atoms with E-state index < -0.39 is 0 Å². The van der Waals surface area contributed by atoms with Gasteiger partial charge in [0.25, 0.3) is 11.8 Å². The van der Waals surface area contributed by atoms with Crippen LogP contribution < -0.4 is 10.6 Å². The third-order valence-corrected chi connectivity index (χ3v) is 4.40. The van der Waals surface area contributed by atoms with E-state index in [2.05, 4.69) is 15.6 Å². The highest BCUT2D eigenvalue weighted by atomic mass is 32.1. The number of carbonyl (C=O) groups is 2. The first kappa shape index (κ1) is 16.9.